The van der Waals surface area contributed by atoms with E-state index in [9.17, 15) is 9.59 Å². The van der Waals surface area contributed by atoms with Crippen molar-refractivity contribution in [2.45, 2.75) is 6.61 Å². The molecule has 0 saturated carbocycles. The first-order chi connectivity index (χ1) is 12.5. The quantitative estimate of drug-likeness (QED) is 0.537. The Morgan fingerprint density at radius 3 is 2.58 bits per heavy atom. The molecule has 0 amide bonds. The lowest BCUT2D eigenvalue weighted by Crippen LogP contribution is -2.01. The van der Waals surface area contributed by atoms with Gasteiger partial charge in [-0.05, 0) is 35.9 Å². The molecule has 0 bridgehead atoms. The van der Waals surface area contributed by atoms with E-state index in [1.807, 2.05) is 0 Å². The van der Waals surface area contributed by atoms with E-state index in [1.165, 1.54) is 45.6 Å². The van der Waals surface area contributed by atoms with E-state index in [-0.39, 0.29) is 12.4 Å². The smallest absolute Gasteiger partial charge is 0.373 e. The van der Waals surface area contributed by atoms with Gasteiger partial charge in [0.1, 0.15) is 12.4 Å². The fraction of sp³-hybridized carbons (Fsp3) is 0.222. The van der Waals surface area contributed by atoms with Crippen LogP contribution in [0.15, 0.2) is 34.8 Å². The maximum absolute atomic E-state index is 11.8. The Morgan fingerprint density at radius 1 is 1.15 bits per heavy atom. The highest BCUT2D eigenvalue weighted by atomic mass is 35.5. The molecule has 1 aromatic carbocycles. The third-order valence-electron chi connectivity index (χ3n) is 3.27. The van der Waals surface area contributed by atoms with Crippen molar-refractivity contribution in [3.8, 4) is 11.5 Å². The Hall–Kier alpha value is -2.93. The van der Waals surface area contributed by atoms with Crippen molar-refractivity contribution < 1.29 is 33.0 Å². The number of ether oxygens (including phenoxy) is 4. The maximum Gasteiger partial charge on any atom is 0.373 e. The molecule has 0 saturated heterocycles. The Morgan fingerprint density at radius 2 is 1.92 bits per heavy atom. The summed E-state index contributed by atoms with van der Waals surface area (Å²) in [5, 5.41) is 0.353. The molecular weight excluding hydrogens is 364 g/mol. The van der Waals surface area contributed by atoms with E-state index in [2.05, 4.69) is 4.74 Å². The highest BCUT2D eigenvalue weighted by Crippen LogP contribution is 2.36. The third-order valence-corrected chi connectivity index (χ3v) is 3.55. The first kappa shape index (κ1) is 19.4. The van der Waals surface area contributed by atoms with Crippen LogP contribution in [0.3, 0.4) is 0 Å². The molecule has 7 nitrogen and oxygen atoms in total. The van der Waals surface area contributed by atoms with Crippen LogP contribution in [0.25, 0.3) is 6.08 Å². The second kappa shape index (κ2) is 8.96. The van der Waals surface area contributed by atoms with Crippen molar-refractivity contribution in [3.05, 3.63) is 52.4 Å². The van der Waals surface area contributed by atoms with Crippen molar-refractivity contribution >= 4 is 29.6 Å². The van der Waals surface area contributed by atoms with Gasteiger partial charge in [0.2, 0.25) is 5.76 Å². The molecule has 2 rings (SSSR count). The zero-order valence-corrected chi connectivity index (χ0v) is 15.2. The molecule has 1 aromatic heterocycles. The topological polar surface area (TPSA) is 84.2 Å². The fourth-order valence-electron chi connectivity index (χ4n) is 2.05. The number of methoxy groups -OCH3 is 3. The van der Waals surface area contributed by atoms with Gasteiger partial charge in [-0.25, -0.2) is 9.59 Å². The van der Waals surface area contributed by atoms with Crippen LogP contribution in [0, 0.1) is 0 Å². The van der Waals surface area contributed by atoms with Crippen LogP contribution in [0.5, 0.6) is 11.5 Å². The van der Waals surface area contributed by atoms with Gasteiger partial charge in [-0.2, -0.15) is 0 Å². The van der Waals surface area contributed by atoms with Gasteiger partial charge in [0.15, 0.2) is 11.5 Å². The summed E-state index contributed by atoms with van der Waals surface area (Å²) in [7, 11) is 4.22. The largest absolute Gasteiger partial charge is 0.493 e. The molecule has 26 heavy (non-hydrogen) atoms. The zero-order valence-electron chi connectivity index (χ0n) is 14.4. The second-order valence-corrected chi connectivity index (χ2v) is 5.34. The van der Waals surface area contributed by atoms with E-state index in [0.29, 0.717) is 27.8 Å². The number of hydrogen-bond acceptors (Lipinski definition) is 7. The second-order valence-electron chi connectivity index (χ2n) is 4.94. The number of esters is 2. The van der Waals surface area contributed by atoms with Crippen LogP contribution in [0.2, 0.25) is 5.02 Å². The van der Waals surface area contributed by atoms with Gasteiger partial charge < -0.3 is 23.4 Å². The van der Waals surface area contributed by atoms with Crippen molar-refractivity contribution in [1.29, 1.82) is 0 Å². The van der Waals surface area contributed by atoms with Crippen LogP contribution in [-0.4, -0.2) is 33.3 Å². The molecule has 0 unspecified atom stereocenters. The van der Waals surface area contributed by atoms with Gasteiger partial charge >= 0.3 is 11.9 Å². The van der Waals surface area contributed by atoms with E-state index in [4.69, 9.17) is 30.2 Å². The van der Waals surface area contributed by atoms with Crippen molar-refractivity contribution in [2.75, 3.05) is 21.3 Å². The van der Waals surface area contributed by atoms with Crippen LogP contribution < -0.4 is 9.47 Å². The number of carbonyl (C=O) groups excluding carboxylic acids is 2. The molecule has 1 heterocycles. The Bertz CT molecular complexity index is 823. The average molecular weight is 381 g/mol. The van der Waals surface area contributed by atoms with Crippen LogP contribution >= 0.6 is 11.6 Å². The first-order valence-electron chi connectivity index (χ1n) is 7.42. The van der Waals surface area contributed by atoms with E-state index < -0.39 is 11.9 Å². The Labute approximate surface area is 155 Å². The van der Waals surface area contributed by atoms with Gasteiger partial charge in [-0.3, -0.25) is 0 Å². The molecular formula is C18H17ClO7. The predicted molar refractivity (Wildman–Crippen MR) is 93.4 cm³/mol. The van der Waals surface area contributed by atoms with Crippen LogP contribution in [-0.2, 0) is 20.9 Å². The fourth-order valence-corrected chi connectivity index (χ4v) is 2.35. The summed E-state index contributed by atoms with van der Waals surface area (Å²) < 4.78 is 25.1. The molecule has 0 aliphatic carbocycles. The summed E-state index contributed by atoms with van der Waals surface area (Å²) in [5.41, 5.74) is 0.635. The molecule has 0 N–H and O–H groups in total. The number of carbonyl (C=O) groups is 2. The third kappa shape index (κ3) is 4.80. The molecule has 8 heteroatoms. The molecule has 2 aromatic rings. The molecule has 0 aliphatic rings. The molecule has 0 spiro atoms. The summed E-state index contributed by atoms with van der Waals surface area (Å²) in [6.45, 7) is -0.118. The monoisotopic (exact) mass is 380 g/mol. The number of benzene rings is 1. The lowest BCUT2D eigenvalue weighted by Gasteiger charge is -2.10. The van der Waals surface area contributed by atoms with Gasteiger partial charge in [0.25, 0.3) is 0 Å². The average Bonchev–Trinajstić information content (AvgIpc) is 3.12. The van der Waals surface area contributed by atoms with Crippen LogP contribution in [0.1, 0.15) is 21.9 Å². The summed E-state index contributed by atoms with van der Waals surface area (Å²) in [6, 6.07) is 6.26. The standard InChI is InChI=1S/C18H17ClO7/c1-22-15-9-11(8-13(19)17(15)23-2)4-7-16(20)25-10-12-5-6-14(26-12)18(21)24-3/h4-9H,10H2,1-3H3/b7-4+. The minimum Gasteiger partial charge on any atom is -0.493 e. The van der Waals surface area contributed by atoms with E-state index in [1.54, 1.807) is 12.1 Å². The molecule has 0 fully saturated rings. The first-order valence-corrected chi connectivity index (χ1v) is 7.79. The molecule has 0 aliphatic heterocycles. The maximum atomic E-state index is 11.8. The SMILES string of the molecule is COC(=O)c1ccc(COC(=O)/C=C/c2cc(Cl)c(OC)c(OC)c2)o1. The summed E-state index contributed by atoms with van der Waals surface area (Å²) >= 11 is 6.10. The van der Waals surface area contributed by atoms with Crippen molar-refractivity contribution in [1.82, 2.24) is 0 Å². The minimum atomic E-state index is -0.604. The predicted octanol–water partition coefficient (Wildman–Crippen LogP) is 3.49. The number of halogens is 1. The lowest BCUT2D eigenvalue weighted by molar-refractivity contribution is -0.139. The highest BCUT2D eigenvalue weighted by molar-refractivity contribution is 6.32. The summed E-state index contributed by atoms with van der Waals surface area (Å²) in [5.74, 6) is 0.0159. The number of hydrogen-bond donors (Lipinski definition) is 0. The van der Waals surface area contributed by atoms with E-state index >= 15 is 0 Å². The summed E-state index contributed by atoms with van der Waals surface area (Å²) in [4.78, 5) is 23.1. The summed E-state index contributed by atoms with van der Waals surface area (Å²) in [6.07, 6.45) is 2.76. The van der Waals surface area contributed by atoms with Crippen molar-refractivity contribution in [3.63, 3.8) is 0 Å². The van der Waals surface area contributed by atoms with Gasteiger partial charge in [-0.15, -0.1) is 0 Å². The Kier molecular flexibility index (Phi) is 6.68. The zero-order chi connectivity index (χ0) is 19.1. The normalized spacial score (nSPS) is 10.6. The minimum absolute atomic E-state index is 0.0362. The van der Waals surface area contributed by atoms with E-state index in [0.717, 1.165) is 0 Å². The van der Waals surface area contributed by atoms with Gasteiger partial charge in [-0.1, -0.05) is 11.6 Å². The number of rotatable bonds is 7. The Balaban J connectivity index is 1.98. The number of furan rings is 1. The molecule has 0 atom stereocenters. The van der Waals surface area contributed by atoms with Gasteiger partial charge in [0.05, 0.1) is 26.4 Å². The molecule has 0 radical (unpaired) electrons. The highest BCUT2D eigenvalue weighted by Gasteiger charge is 2.12. The van der Waals surface area contributed by atoms with Crippen LogP contribution in [0.4, 0.5) is 0 Å². The van der Waals surface area contributed by atoms with Crippen molar-refractivity contribution in [2.24, 2.45) is 0 Å². The lowest BCUT2D eigenvalue weighted by atomic mass is 10.2. The van der Waals surface area contributed by atoms with Gasteiger partial charge in [0, 0.05) is 6.08 Å². The molecule has 138 valence electrons.